The van der Waals surface area contributed by atoms with Gasteiger partial charge in [0.1, 0.15) is 5.82 Å². The number of imidazole rings is 1. The van der Waals surface area contributed by atoms with Gasteiger partial charge in [0.2, 0.25) is 5.95 Å². The van der Waals surface area contributed by atoms with Gasteiger partial charge < -0.3 is 10.1 Å². The second-order valence-corrected chi connectivity index (χ2v) is 4.55. The monoisotopic (exact) mass is 277 g/mol. The second kappa shape index (κ2) is 7.05. The molecule has 0 amide bonds. The van der Waals surface area contributed by atoms with Gasteiger partial charge in [-0.25, -0.2) is 9.37 Å². The predicted molar refractivity (Wildman–Crippen MR) is 77.9 cm³/mol. The molecule has 0 atom stereocenters. The first-order valence-electron chi connectivity index (χ1n) is 6.84. The van der Waals surface area contributed by atoms with Crippen molar-refractivity contribution >= 4 is 5.95 Å². The van der Waals surface area contributed by atoms with E-state index in [0.29, 0.717) is 18.2 Å². The van der Waals surface area contributed by atoms with Crippen LogP contribution < -0.4 is 5.32 Å². The lowest BCUT2D eigenvalue weighted by molar-refractivity contribution is 0.147. The molecule has 1 aromatic heterocycles. The highest BCUT2D eigenvalue weighted by atomic mass is 19.1. The topological polar surface area (TPSA) is 39.1 Å². The summed E-state index contributed by atoms with van der Waals surface area (Å²) in [4.78, 5) is 4.23. The standard InChI is InChI=1S/C15H20FN3O/c1-3-20-10-4-7-17-15-18-8-9-19(15)14-11-12(2)5-6-13(14)16/h5-6,8-9,11H,3-4,7,10H2,1-2H3,(H,17,18). The maximum atomic E-state index is 13.9. The van der Waals surface area contributed by atoms with E-state index < -0.39 is 0 Å². The molecule has 4 nitrogen and oxygen atoms in total. The smallest absolute Gasteiger partial charge is 0.207 e. The van der Waals surface area contributed by atoms with Crippen molar-refractivity contribution in [3.8, 4) is 5.69 Å². The number of anilines is 1. The van der Waals surface area contributed by atoms with Crippen LogP contribution in [0.2, 0.25) is 0 Å². The predicted octanol–water partition coefficient (Wildman–Crippen LogP) is 3.16. The molecule has 0 aliphatic carbocycles. The van der Waals surface area contributed by atoms with Crippen molar-refractivity contribution < 1.29 is 9.13 Å². The summed E-state index contributed by atoms with van der Waals surface area (Å²) in [5.74, 6) is 0.386. The van der Waals surface area contributed by atoms with Gasteiger partial charge in [-0.15, -0.1) is 0 Å². The molecule has 0 aliphatic rings. The van der Waals surface area contributed by atoms with Crippen LogP contribution in [-0.4, -0.2) is 29.3 Å². The lowest BCUT2D eigenvalue weighted by Gasteiger charge is -2.11. The fourth-order valence-corrected chi connectivity index (χ4v) is 1.95. The zero-order chi connectivity index (χ0) is 14.4. The van der Waals surface area contributed by atoms with Crippen LogP contribution in [0.15, 0.2) is 30.6 Å². The molecular weight excluding hydrogens is 257 g/mol. The number of halogens is 1. The first-order chi connectivity index (χ1) is 9.72. The highest BCUT2D eigenvalue weighted by Gasteiger charge is 2.09. The molecule has 1 aromatic carbocycles. The van der Waals surface area contributed by atoms with Crippen LogP contribution in [0.4, 0.5) is 10.3 Å². The average Bonchev–Trinajstić information content (AvgIpc) is 2.89. The van der Waals surface area contributed by atoms with Gasteiger partial charge in [-0.05, 0) is 38.0 Å². The molecule has 20 heavy (non-hydrogen) atoms. The van der Waals surface area contributed by atoms with E-state index in [0.717, 1.165) is 25.1 Å². The largest absolute Gasteiger partial charge is 0.382 e. The number of hydrogen-bond donors (Lipinski definition) is 1. The fraction of sp³-hybridized carbons (Fsp3) is 0.400. The van der Waals surface area contributed by atoms with E-state index in [1.54, 1.807) is 23.0 Å². The van der Waals surface area contributed by atoms with Gasteiger partial charge in [-0.3, -0.25) is 4.57 Å². The van der Waals surface area contributed by atoms with Crippen molar-refractivity contribution in [2.45, 2.75) is 20.3 Å². The first kappa shape index (κ1) is 14.5. The third-order valence-electron chi connectivity index (χ3n) is 2.95. The lowest BCUT2D eigenvalue weighted by atomic mass is 10.2. The van der Waals surface area contributed by atoms with Crippen LogP contribution >= 0.6 is 0 Å². The SMILES string of the molecule is CCOCCCNc1nccn1-c1cc(C)ccc1F. The van der Waals surface area contributed by atoms with Crippen LogP contribution in [0.5, 0.6) is 0 Å². The Kier molecular flexibility index (Phi) is 5.12. The molecule has 2 rings (SSSR count). The van der Waals surface area contributed by atoms with Crippen molar-refractivity contribution in [1.82, 2.24) is 9.55 Å². The quantitative estimate of drug-likeness (QED) is 0.790. The Hall–Kier alpha value is -1.88. The van der Waals surface area contributed by atoms with E-state index in [4.69, 9.17) is 4.74 Å². The molecular formula is C15H20FN3O. The summed E-state index contributed by atoms with van der Waals surface area (Å²) < 4.78 is 20.9. The summed E-state index contributed by atoms with van der Waals surface area (Å²) in [6, 6.07) is 5.04. The maximum Gasteiger partial charge on any atom is 0.207 e. The number of hydrogen-bond acceptors (Lipinski definition) is 3. The molecule has 5 heteroatoms. The van der Waals surface area contributed by atoms with Gasteiger partial charge in [0.05, 0.1) is 5.69 Å². The van der Waals surface area contributed by atoms with Crippen LogP contribution in [0.25, 0.3) is 5.69 Å². The molecule has 108 valence electrons. The second-order valence-electron chi connectivity index (χ2n) is 4.55. The lowest BCUT2D eigenvalue weighted by Crippen LogP contribution is -2.10. The van der Waals surface area contributed by atoms with Crippen LogP contribution in [0.1, 0.15) is 18.9 Å². The van der Waals surface area contributed by atoms with Gasteiger partial charge in [0, 0.05) is 32.2 Å². The molecule has 0 unspecified atom stereocenters. The maximum absolute atomic E-state index is 13.9. The fourth-order valence-electron chi connectivity index (χ4n) is 1.95. The number of aromatic nitrogens is 2. The molecule has 0 saturated heterocycles. The Bertz CT molecular complexity index is 554. The van der Waals surface area contributed by atoms with Crippen molar-refractivity contribution in [3.63, 3.8) is 0 Å². The number of rotatable bonds is 7. The van der Waals surface area contributed by atoms with Gasteiger partial charge in [-0.1, -0.05) is 6.07 Å². The number of aryl methyl sites for hydroxylation is 1. The van der Waals surface area contributed by atoms with E-state index >= 15 is 0 Å². The zero-order valence-corrected chi connectivity index (χ0v) is 11.9. The third kappa shape index (κ3) is 3.57. The molecule has 0 radical (unpaired) electrons. The summed E-state index contributed by atoms with van der Waals surface area (Å²) in [6.07, 6.45) is 4.30. The highest BCUT2D eigenvalue weighted by molar-refractivity contribution is 5.44. The Labute approximate surface area is 118 Å². The minimum absolute atomic E-state index is 0.258. The van der Waals surface area contributed by atoms with Crippen LogP contribution in [-0.2, 0) is 4.74 Å². The summed E-state index contributed by atoms with van der Waals surface area (Å²) in [7, 11) is 0. The summed E-state index contributed by atoms with van der Waals surface area (Å²) in [5.41, 5.74) is 1.52. The van der Waals surface area contributed by atoms with E-state index in [1.165, 1.54) is 6.07 Å². The third-order valence-corrected chi connectivity index (χ3v) is 2.95. The van der Waals surface area contributed by atoms with Crippen LogP contribution in [0, 0.1) is 12.7 Å². The molecule has 0 bridgehead atoms. The molecule has 1 N–H and O–H groups in total. The highest BCUT2D eigenvalue weighted by Crippen LogP contribution is 2.19. The summed E-state index contributed by atoms with van der Waals surface area (Å²) in [6.45, 7) is 6.09. The van der Waals surface area contributed by atoms with E-state index in [1.807, 2.05) is 19.9 Å². The molecule has 0 fully saturated rings. The van der Waals surface area contributed by atoms with Gasteiger partial charge >= 0.3 is 0 Å². The molecule has 0 saturated carbocycles. The minimum atomic E-state index is -0.258. The van der Waals surface area contributed by atoms with Gasteiger partial charge in [-0.2, -0.15) is 0 Å². The molecule has 2 aromatic rings. The van der Waals surface area contributed by atoms with Crippen molar-refractivity contribution in [1.29, 1.82) is 0 Å². The summed E-state index contributed by atoms with van der Waals surface area (Å²) in [5, 5.41) is 3.20. The van der Waals surface area contributed by atoms with Gasteiger partial charge in [0.25, 0.3) is 0 Å². The number of ether oxygens (including phenoxy) is 1. The minimum Gasteiger partial charge on any atom is -0.382 e. The molecule has 1 heterocycles. The first-order valence-corrected chi connectivity index (χ1v) is 6.84. The Morgan fingerprint density at radius 3 is 3.05 bits per heavy atom. The summed E-state index contributed by atoms with van der Waals surface area (Å²) >= 11 is 0. The number of nitrogens with one attached hydrogen (secondary N) is 1. The Morgan fingerprint density at radius 1 is 1.40 bits per heavy atom. The number of nitrogens with zero attached hydrogens (tertiary/aromatic N) is 2. The van der Waals surface area contributed by atoms with E-state index in [2.05, 4.69) is 10.3 Å². The Balaban J connectivity index is 2.06. The van der Waals surface area contributed by atoms with E-state index in [-0.39, 0.29) is 5.82 Å². The van der Waals surface area contributed by atoms with Crippen LogP contribution in [0.3, 0.4) is 0 Å². The van der Waals surface area contributed by atoms with Gasteiger partial charge in [0.15, 0.2) is 0 Å². The molecule has 0 spiro atoms. The van der Waals surface area contributed by atoms with Crippen molar-refractivity contribution in [3.05, 3.63) is 42.0 Å². The van der Waals surface area contributed by atoms with Crippen molar-refractivity contribution in [2.75, 3.05) is 25.1 Å². The van der Waals surface area contributed by atoms with Crippen molar-refractivity contribution in [2.24, 2.45) is 0 Å². The van der Waals surface area contributed by atoms with E-state index in [9.17, 15) is 4.39 Å². The molecule has 0 aliphatic heterocycles. The zero-order valence-electron chi connectivity index (χ0n) is 11.9. The normalized spacial score (nSPS) is 10.8. The average molecular weight is 277 g/mol. The Morgan fingerprint density at radius 2 is 2.25 bits per heavy atom. The number of benzene rings is 1.